The quantitative estimate of drug-likeness (QED) is 0.864. The van der Waals surface area contributed by atoms with Crippen molar-refractivity contribution in [2.45, 2.75) is 76.9 Å². The molecule has 28 heavy (non-hydrogen) atoms. The smallest absolute Gasteiger partial charge is 0.254 e. The molecule has 5 heteroatoms. The van der Waals surface area contributed by atoms with Gasteiger partial charge in [0, 0.05) is 42.3 Å². The van der Waals surface area contributed by atoms with E-state index in [2.05, 4.69) is 10.2 Å². The maximum Gasteiger partial charge on any atom is 0.254 e. The Bertz CT molecular complexity index is 718. The number of nitrogens with zero attached hydrogens (tertiary/aromatic N) is 2. The zero-order valence-corrected chi connectivity index (χ0v) is 17.2. The lowest BCUT2D eigenvalue weighted by Gasteiger charge is -2.41. The minimum absolute atomic E-state index is 0.0336. The van der Waals surface area contributed by atoms with Crippen molar-refractivity contribution in [1.29, 1.82) is 0 Å². The molecule has 2 fully saturated rings. The molecule has 1 N–H and O–H groups in total. The lowest BCUT2D eigenvalue weighted by atomic mass is 9.92. The summed E-state index contributed by atoms with van der Waals surface area (Å²) in [6.45, 7) is 5.87. The Morgan fingerprint density at radius 3 is 2.36 bits per heavy atom. The molecule has 1 aromatic carbocycles. The van der Waals surface area contributed by atoms with Gasteiger partial charge in [0.05, 0.1) is 0 Å². The van der Waals surface area contributed by atoms with Crippen LogP contribution in [-0.4, -0.2) is 41.9 Å². The molecule has 4 rings (SSSR count). The fraction of sp³-hybridized carbons (Fsp3) is 0.652. The predicted octanol–water partition coefficient (Wildman–Crippen LogP) is 3.64. The van der Waals surface area contributed by atoms with E-state index in [9.17, 15) is 9.59 Å². The number of anilines is 1. The second kappa shape index (κ2) is 8.24. The number of piperidine rings is 1. The molecule has 2 aliphatic heterocycles. The Kier molecular flexibility index (Phi) is 5.72. The average molecular weight is 384 g/mol. The first-order chi connectivity index (χ1) is 13.6. The molecule has 0 spiro atoms. The third-order valence-corrected chi connectivity index (χ3v) is 6.76. The van der Waals surface area contributed by atoms with Gasteiger partial charge >= 0.3 is 0 Å². The lowest BCUT2D eigenvalue weighted by Crippen LogP contribution is -2.50. The second-order valence-corrected chi connectivity index (χ2v) is 8.92. The Balaban J connectivity index is 1.47. The first kappa shape index (κ1) is 19.4. The van der Waals surface area contributed by atoms with Crippen LogP contribution in [0.15, 0.2) is 24.3 Å². The van der Waals surface area contributed by atoms with Crippen LogP contribution < -0.4 is 10.2 Å². The van der Waals surface area contributed by atoms with E-state index >= 15 is 0 Å². The van der Waals surface area contributed by atoms with Crippen LogP contribution >= 0.6 is 0 Å². The molecule has 1 aliphatic carbocycles. The maximum absolute atomic E-state index is 13.3. The van der Waals surface area contributed by atoms with Crippen LogP contribution in [0.1, 0.15) is 70.4 Å². The molecule has 1 saturated carbocycles. The topological polar surface area (TPSA) is 52.7 Å². The fourth-order valence-electron chi connectivity index (χ4n) is 5.12. The molecule has 1 atom stereocenters. The number of fused-ring (bicyclic) bond motifs is 1. The monoisotopic (exact) mass is 383 g/mol. The van der Waals surface area contributed by atoms with E-state index in [1.807, 2.05) is 43.0 Å². The minimum Gasteiger partial charge on any atom is -0.340 e. The summed E-state index contributed by atoms with van der Waals surface area (Å²) in [5.41, 5.74) is 1.92. The van der Waals surface area contributed by atoms with Crippen molar-refractivity contribution in [2.24, 2.45) is 5.92 Å². The highest BCUT2D eigenvalue weighted by molar-refractivity contribution is 6.06. The number of rotatable bonds is 4. The first-order valence-corrected chi connectivity index (χ1v) is 11.0. The van der Waals surface area contributed by atoms with E-state index in [1.54, 1.807) is 0 Å². The van der Waals surface area contributed by atoms with E-state index in [4.69, 9.17) is 0 Å². The first-order valence-electron chi connectivity index (χ1n) is 11.0. The van der Waals surface area contributed by atoms with Gasteiger partial charge in [0.2, 0.25) is 5.91 Å². The molecule has 2 amide bonds. The third-order valence-electron chi connectivity index (χ3n) is 6.76. The molecule has 1 aromatic rings. The molecule has 5 nitrogen and oxygen atoms in total. The van der Waals surface area contributed by atoms with E-state index in [-0.39, 0.29) is 23.8 Å². The Labute approximate surface area is 168 Å². The van der Waals surface area contributed by atoms with Crippen LogP contribution in [-0.2, 0) is 9.59 Å². The van der Waals surface area contributed by atoms with Crippen LogP contribution in [0.4, 0.5) is 5.69 Å². The molecular weight excluding hydrogens is 350 g/mol. The summed E-state index contributed by atoms with van der Waals surface area (Å²) < 4.78 is 0. The summed E-state index contributed by atoms with van der Waals surface area (Å²) in [6, 6.07) is 8.39. The lowest BCUT2D eigenvalue weighted by molar-refractivity contribution is -0.129. The number of para-hydroxylation sites is 1. The molecule has 0 bridgehead atoms. The summed E-state index contributed by atoms with van der Waals surface area (Å²) in [7, 11) is 0. The Morgan fingerprint density at radius 2 is 1.68 bits per heavy atom. The highest BCUT2D eigenvalue weighted by Gasteiger charge is 2.42. The summed E-state index contributed by atoms with van der Waals surface area (Å²) in [5, 5.41) is 2.97. The molecule has 1 unspecified atom stereocenters. The van der Waals surface area contributed by atoms with E-state index in [0.29, 0.717) is 0 Å². The summed E-state index contributed by atoms with van der Waals surface area (Å²) >= 11 is 0. The van der Waals surface area contributed by atoms with Crippen LogP contribution in [0.3, 0.4) is 0 Å². The van der Waals surface area contributed by atoms with Gasteiger partial charge in [0.15, 0.2) is 0 Å². The van der Waals surface area contributed by atoms with Gasteiger partial charge in [0.1, 0.15) is 6.04 Å². The standard InChI is InChI=1S/C23H33N3O2/c1-16(2)22(27)24-21-19-10-6-7-11-20(19)26(23(21)28)18-12-14-25(15-13-18)17-8-4-3-5-9-17/h6-7,10-11,16-18,21H,3-5,8-9,12-15H2,1-2H3,(H,24,27). The molecule has 1 saturated heterocycles. The molecule has 0 aromatic heterocycles. The Morgan fingerprint density at radius 1 is 1.00 bits per heavy atom. The number of likely N-dealkylation sites (tertiary alicyclic amines) is 1. The molecule has 2 heterocycles. The van der Waals surface area contributed by atoms with Crippen molar-refractivity contribution in [3.05, 3.63) is 29.8 Å². The zero-order valence-electron chi connectivity index (χ0n) is 17.2. The van der Waals surface area contributed by atoms with Gasteiger partial charge in [-0.15, -0.1) is 0 Å². The number of carbonyl (C=O) groups is 2. The van der Waals surface area contributed by atoms with Gasteiger partial charge in [-0.1, -0.05) is 51.3 Å². The van der Waals surface area contributed by atoms with Gasteiger partial charge in [-0.25, -0.2) is 0 Å². The SMILES string of the molecule is CC(C)C(=O)NC1C(=O)N(C2CCN(C3CCCCC3)CC2)c2ccccc21. The molecule has 0 radical (unpaired) electrons. The van der Waals surface area contributed by atoms with Crippen LogP contribution in [0.2, 0.25) is 0 Å². The maximum atomic E-state index is 13.3. The van der Waals surface area contributed by atoms with Crippen molar-refractivity contribution in [3.8, 4) is 0 Å². The number of amides is 2. The van der Waals surface area contributed by atoms with Gasteiger partial charge in [-0.3, -0.25) is 9.59 Å². The van der Waals surface area contributed by atoms with Crippen molar-refractivity contribution >= 4 is 17.5 Å². The second-order valence-electron chi connectivity index (χ2n) is 8.92. The van der Waals surface area contributed by atoms with Crippen molar-refractivity contribution in [2.75, 3.05) is 18.0 Å². The summed E-state index contributed by atoms with van der Waals surface area (Å²) in [4.78, 5) is 30.2. The Hall–Kier alpha value is -1.88. The fourth-order valence-corrected chi connectivity index (χ4v) is 5.12. The van der Waals surface area contributed by atoms with Crippen molar-refractivity contribution in [1.82, 2.24) is 10.2 Å². The van der Waals surface area contributed by atoms with Crippen molar-refractivity contribution in [3.63, 3.8) is 0 Å². The van der Waals surface area contributed by atoms with Crippen LogP contribution in [0, 0.1) is 5.92 Å². The number of hydrogen-bond donors (Lipinski definition) is 1. The van der Waals surface area contributed by atoms with Crippen molar-refractivity contribution < 1.29 is 9.59 Å². The van der Waals surface area contributed by atoms with Gasteiger partial charge in [-0.2, -0.15) is 0 Å². The number of benzene rings is 1. The van der Waals surface area contributed by atoms with Crippen LogP contribution in [0.5, 0.6) is 0 Å². The van der Waals surface area contributed by atoms with Gasteiger partial charge < -0.3 is 15.1 Å². The van der Waals surface area contributed by atoms with Crippen LogP contribution in [0.25, 0.3) is 0 Å². The largest absolute Gasteiger partial charge is 0.340 e. The number of hydrogen-bond acceptors (Lipinski definition) is 3. The molecule has 3 aliphatic rings. The highest BCUT2D eigenvalue weighted by Crippen LogP contribution is 2.39. The summed E-state index contributed by atoms with van der Waals surface area (Å²) in [6.07, 6.45) is 8.80. The molecule has 152 valence electrons. The predicted molar refractivity (Wildman–Crippen MR) is 111 cm³/mol. The third kappa shape index (κ3) is 3.69. The summed E-state index contributed by atoms with van der Waals surface area (Å²) in [5.74, 6) is -0.166. The van der Waals surface area contributed by atoms with E-state index < -0.39 is 6.04 Å². The molecular formula is C23H33N3O2. The normalized spacial score (nSPS) is 24.6. The average Bonchev–Trinajstić information content (AvgIpc) is 3.00. The number of nitrogens with one attached hydrogen (secondary N) is 1. The minimum atomic E-state index is -0.539. The van der Waals surface area contributed by atoms with E-state index in [0.717, 1.165) is 43.2 Å². The highest BCUT2D eigenvalue weighted by atomic mass is 16.2. The van der Waals surface area contributed by atoms with E-state index in [1.165, 1.54) is 32.1 Å². The number of carbonyl (C=O) groups excluding carboxylic acids is 2. The van der Waals surface area contributed by atoms with Gasteiger partial charge in [0.25, 0.3) is 5.91 Å². The zero-order chi connectivity index (χ0) is 19.7. The van der Waals surface area contributed by atoms with Gasteiger partial charge in [-0.05, 0) is 31.7 Å².